The molecule has 24 heteroatoms. The van der Waals surface area contributed by atoms with Crippen molar-refractivity contribution in [2.24, 2.45) is 0 Å². The van der Waals surface area contributed by atoms with Crippen LogP contribution in [0.5, 0.6) is 0 Å². The van der Waals surface area contributed by atoms with Gasteiger partial charge in [-0.25, -0.2) is 23.3 Å². The van der Waals surface area contributed by atoms with Crippen LogP contribution in [0.3, 0.4) is 0 Å². The van der Waals surface area contributed by atoms with Gasteiger partial charge in [0, 0.05) is 36.3 Å². The van der Waals surface area contributed by atoms with E-state index in [1.807, 2.05) is 0 Å². The highest BCUT2D eigenvalue weighted by molar-refractivity contribution is 7.66. The van der Waals surface area contributed by atoms with Crippen molar-refractivity contribution in [3.8, 4) is 0 Å². The summed E-state index contributed by atoms with van der Waals surface area (Å²) in [5.41, 5.74) is 4.58. The number of aromatic nitrogens is 2. The van der Waals surface area contributed by atoms with Crippen LogP contribution in [0.15, 0.2) is 49.3 Å². The first-order valence-corrected chi connectivity index (χ1v) is 18.0. The quantitative estimate of drug-likeness (QED) is 0.0644. The molecule has 1 aliphatic heterocycles. The third-order valence-corrected chi connectivity index (χ3v) is 10.5. The van der Waals surface area contributed by atoms with Crippen molar-refractivity contribution < 1.29 is 65.5 Å². The molecule has 3 unspecified atom stereocenters. The summed E-state index contributed by atoms with van der Waals surface area (Å²) in [6.07, 6.45) is -0.985. The summed E-state index contributed by atoms with van der Waals surface area (Å²) in [4.78, 5) is 88.0. The third kappa shape index (κ3) is 9.76. The zero-order valence-electron chi connectivity index (χ0n) is 24.5. The molecule has 2 aromatic heterocycles. The van der Waals surface area contributed by atoms with Gasteiger partial charge in [0.15, 0.2) is 0 Å². The summed E-state index contributed by atoms with van der Waals surface area (Å²) in [5.74, 6) is -0.528. The number of aliphatic hydroxyl groups excluding tert-OH is 1. The van der Waals surface area contributed by atoms with E-state index in [9.17, 15) is 47.8 Å². The molecule has 4 rings (SSSR count). The van der Waals surface area contributed by atoms with E-state index in [4.69, 9.17) is 24.7 Å². The van der Waals surface area contributed by atoms with E-state index >= 15 is 0 Å². The van der Waals surface area contributed by atoms with Gasteiger partial charge in [0.2, 0.25) is 5.91 Å². The van der Waals surface area contributed by atoms with Gasteiger partial charge in [-0.15, -0.1) is 0 Å². The normalized spacial score (nSPS) is 20.9. The molecule has 0 spiro atoms. The smallest absolute Gasteiger partial charge is 0.422 e. The number of phosphoric ester groups is 1. The second-order valence-corrected chi connectivity index (χ2v) is 14.6. The Morgan fingerprint density at radius 2 is 1.85 bits per heavy atom. The van der Waals surface area contributed by atoms with Gasteiger partial charge >= 0.3 is 34.8 Å². The molecule has 3 heterocycles. The average molecular weight is 738 g/mol. The lowest BCUT2D eigenvalue weighted by molar-refractivity contribution is -0.120. The monoisotopic (exact) mass is 738 g/mol. The van der Waals surface area contributed by atoms with Crippen LogP contribution < -0.4 is 27.9 Å². The number of hydrogen-bond acceptors (Lipinski definition) is 14. The van der Waals surface area contributed by atoms with Gasteiger partial charge in [0.05, 0.1) is 30.3 Å². The molecule has 5 atom stereocenters. The Morgan fingerprint density at radius 1 is 1.15 bits per heavy atom. The minimum Gasteiger partial charge on any atom is -0.422 e. The van der Waals surface area contributed by atoms with Crippen molar-refractivity contribution in [1.82, 2.24) is 14.9 Å². The van der Waals surface area contributed by atoms with Crippen molar-refractivity contribution in [3.63, 3.8) is 0 Å². The number of carbonyl (C=O) groups excluding carboxylic acids is 1. The topological polar surface area (TPSA) is 329 Å². The van der Waals surface area contributed by atoms with Crippen molar-refractivity contribution in [2.75, 3.05) is 18.9 Å². The molecule has 48 heavy (non-hydrogen) atoms. The average Bonchev–Trinajstić information content (AvgIpc) is 3.31. The lowest BCUT2D eigenvalue weighted by Gasteiger charge is -2.19. The molecule has 9 N–H and O–H groups in total. The number of fused-ring (bicyclic) bond motifs is 1. The largest absolute Gasteiger partial charge is 0.490 e. The van der Waals surface area contributed by atoms with Gasteiger partial charge in [-0.2, -0.15) is 8.62 Å². The molecule has 1 aliphatic rings. The van der Waals surface area contributed by atoms with E-state index in [0.717, 1.165) is 10.8 Å². The number of H-pyrrole nitrogens is 1. The summed E-state index contributed by atoms with van der Waals surface area (Å²) in [5, 5.41) is 13.5. The zero-order chi connectivity index (χ0) is 35.6. The van der Waals surface area contributed by atoms with E-state index in [-0.39, 0.29) is 36.1 Å². The number of aryl methyl sites for hydroxylation is 1. The van der Waals surface area contributed by atoms with Crippen LogP contribution in [0.1, 0.15) is 29.3 Å². The molecule has 0 bridgehead atoms. The first-order chi connectivity index (χ1) is 22.2. The van der Waals surface area contributed by atoms with Crippen LogP contribution in [-0.4, -0.2) is 65.5 Å². The zero-order valence-corrected chi connectivity index (χ0v) is 27.2. The number of carbonyl (C=O) groups is 1. The number of hydrogen-bond donors (Lipinski definition) is 8. The fraction of sp³-hybridized carbons (Fsp3) is 0.333. The minimum absolute atomic E-state index is 0.0797. The van der Waals surface area contributed by atoms with Gasteiger partial charge < -0.3 is 44.9 Å². The number of amides is 1. The molecule has 3 aromatic rings. The number of phosphoric acid groups is 3. The molecule has 0 aliphatic carbocycles. The number of aliphatic hydroxyl groups is 1. The van der Waals surface area contributed by atoms with Crippen LogP contribution in [0, 0.1) is 6.92 Å². The molecule has 1 aromatic carbocycles. The number of nitrogens with zero attached hydrogens (tertiary/aromatic N) is 1. The molecule has 1 fully saturated rings. The van der Waals surface area contributed by atoms with Crippen molar-refractivity contribution in [1.29, 1.82) is 0 Å². The molecule has 262 valence electrons. The number of nitrogens with one attached hydrogen (secondary N) is 2. The number of nitrogen functional groups attached to an aromatic ring is 1. The van der Waals surface area contributed by atoms with Gasteiger partial charge in [-0.3, -0.25) is 23.7 Å². The number of rotatable bonds is 13. The molecule has 21 nitrogen and oxygen atoms in total. The van der Waals surface area contributed by atoms with Crippen LogP contribution >= 0.6 is 23.5 Å². The number of ether oxygens (including phenoxy) is 1. The van der Waals surface area contributed by atoms with Crippen LogP contribution in [-0.2, 0) is 42.8 Å². The van der Waals surface area contributed by atoms with Gasteiger partial charge in [-0.1, -0.05) is 12.2 Å². The summed E-state index contributed by atoms with van der Waals surface area (Å²) < 4.78 is 57.5. The SMILES string of the molecule is Cc1c(CC(=O)NC/C=C/c2cn([C@H]3C[C@@H](O)C(COP(=O)(O)OP(=O)(O)OP(=O)(O)O)O3)c(=O)[nH]c2=O)c(=O)oc2cc(N)ccc12. The van der Waals surface area contributed by atoms with E-state index in [2.05, 4.69) is 23.4 Å². The predicted octanol–water partition coefficient (Wildman–Crippen LogP) is -0.103. The molecular weight excluding hydrogens is 709 g/mol. The van der Waals surface area contributed by atoms with Crippen LogP contribution in [0.4, 0.5) is 5.69 Å². The van der Waals surface area contributed by atoms with Crippen LogP contribution in [0.25, 0.3) is 17.0 Å². The molecular formula is C24H29N4O17P3. The highest BCUT2D eigenvalue weighted by Crippen LogP contribution is 2.66. The summed E-state index contributed by atoms with van der Waals surface area (Å²) in [6.45, 7) is 0.610. The first kappa shape index (κ1) is 37.3. The first-order valence-electron chi connectivity index (χ1n) is 13.5. The summed E-state index contributed by atoms with van der Waals surface area (Å²) >= 11 is 0. The van der Waals surface area contributed by atoms with Crippen LogP contribution in [0.2, 0.25) is 0 Å². The lowest BCUT2D eigenvalue weighted by atomic mass is 10.0. The summed E-state index contributed by atoms with van der Waals surface area (Å²) in [6, 6.07) is 4.80. The molecule has 1 amide bonds. The third-order valence-electron chi connectivity index (χ3n) is 6.69. The van der Waals surface area contributed by atoms with Crippen molar-refractivity contribution in [2.45, 2.75) is 38.2 Å². The second-order valence-electron chi connectivity index (χ2n) is 10.2. The minimum atomic E-state index is -5.77. The standard InChI is InChI=1S/C24H29N4O17P3/c1-12-15-5-4-14(25)7-18(15)43-23(32)16(12)8-20(30)26-6-2-3-13-10-28(24(33)27-22(13)31)21-9-17(29)19(42-21)11-41-47(37,38)45-48(39,40)44-46(34,35)36/h2-5,7,10,17,19,21,29H,6,8-9,11,25H2,1H3,(H,26,30)(H,37,38)(H,39,40)(H,27,31,33)(H2,34,35,36)/b3-2+/t17-,19?,21-/m1/s1. The Bertz CT molecular complexity index is 2070. The van der Waals surface area contributed by atoms with E-state index in [1.165, 1.54) is 18.2 Å². The molecule has 0 radical (unpaired) electrons. The Hall–Kier alpha value is -3.55. The molecule has 1 saturated heterocycles. The fourth-order valence-electron chi connectivity index (χ4n) is 4.54. The fourth-order valence-corrected chi connectivity index (χ4v) is 7.57. The Kier molecular flexibility index (Phi) is 11.3. The summed E-state index contributed by atoms with van der Waals surface area (Å²) in [7, 11) is -16.9. The van der Waals surface area contributed by atoms with Crippen molar-refractivity contribution in [3.05, 3.63) is 78.4 Å². The maximum atomic E-state index is 12.5. The lowest BCUT2D eigenvalue weighted by Crippen LogP contribution is -2.33. The number of aromatic amines is 1. The van der Waals surface area contributed by atoms with E-state index in [1.54, 1.807) is 19.1 Å². The Labute approximate surface area is 268 Å². The number of nitrogens with two attached hydrogens (primary N) is 1. The highest BCUT2D eigenvalue weighted by atomic mass is 31.3. The number of anilines is 1. The van der Waals surface area contributed by atoms with Gasteiger partial charge in [0.25, 0.3) is 5.56 Å². The van der Waals surface area contributed by atoms with Gasteiger partial charge in [-0.05, 0) is 24.6 Å². The van der Waals surface area contributed by atoms with Gasteiger partial charge in [0.1, 0.15) is 17.9 Å². The van der Waals surface area contributed by atoms with Crippen molar-refractivity contribution >= 4 is 52.1 Å². The van der Waals surface area contributed by atoms with E-state index < -0.39 is 71.3 Å². The second kappa shape index (κ2) is 14.5. The van der Waals surface area contributed by atoms with E-state index in [0.29, 0.717) is 16.6 Å². The highest BCUT2D eigenvalue weighted by Gasteiger charge is 2.43. The maximum absolute atomic E-state index is 12.5. The molecule has 0 saturated carbocycles. The maximum Gasteiger partial charge on any atom is 0.490 e. The Balaban J connectivity index is 1.36. The predicted molar refractivity (Wildman–Crippen MR) is 163 cm³/mol. The Morgan fingerprint density at radius 3 is 2.54 bits per heavy atom. The number of benzene rings is 1.